The average Bonchev–Trinajstić information content (AvgIpc) is 1.62. The summed E-state index contributed by atoms with van der Waals surface area (Å²) in [7, 11) is 3.62. The number of carbonyl (C=O) groups is 8. The van der Waals surface area contributed by atoms with E-state index in [4.69, 9.17) is 34.7 Å². The number of pyridine rings is 5. The van der Waals surface area contributed by atoms with Crippen LogP contribution < -0.4 is 27.1 Å². The van der Waals surface area contributed by atoms with E-state index in [0.717, 1.165) is 49.2 Å². The Labute approximate surface area is 676 Å². The maximum absolute atomic E-state index is 11.6. The van der Waals surface area contributed by atoms with Crippen molar-refractivity contribution in [2.75, 3.05) is 43.0 Å². The molecule has 0 spiro atoms. The Bertz CT molecular complexity index is 4700. The maximum atomic E-state index is 11.6. The van der Waals surface area contributed by atoms with Crippen LogP contribution in [0.5, 0.6) is 0 Å². The number of carboxylic acids is 2. The normalized spacial score (nSPS) is 13.8. The van der Waals surface area contributed by atoms with Gasteiger partial charge in [-0.05, 0) is 199 Å². The Morgan fingerprint density at radius 2 is 0.830 bits per heavy atom. The highest BCUT2D eigenvalue weighted by Crippen LogP contribution is 2.43. The second-order valence-electron chi connectivity index (χ2n) is 25.1. The number of methoxy groups -OCH3 is 3. The fourth-order valence-corrected chi connectivity index (χ4v) is 10.7. The lowest BCUT2D eigenvalue weighted by Gasteiger charge is -2.32. The number of aliphatic carboxylic acids is 2. The second-order valence-corrected chi connectivity index (χ2v) is 28.9. The first-order valence-corrected chi connectivity index (χ1v) is 37.0. The van der Waals surface area contributed by atoms with Crippen molar-refractivity contribution in [3.8, 4) is 22.5 Å². The molecule has 3 amide bonds. The molecule has 0 radical (unpaired) electrons. The van der Waals surface area contributed by atoms with Crippen LogP contribution in [-0.4, -0.2) is 157 Å². The third-order valence-electron chi connectivity index (χ3n) is 16.5. The SMILES string of the molecule is C=CC(=O)Nc1cnc(-c2cncc(C(C)C(=O)O)c2)cn1.C=CC(=O)Nc1cnc(-c2cncc(C(C)C(=O)OC)c2)cn1.C=CC(=O)Nc1cnc(Br)cn1.CC(C(=O)O)c1cncc(Br)c1.COC(=O)C(C)c1cncc(B2OC(C)(C)C(C)(C)O2)c1.COC(=O)C(C)c1cncc(Br)c1.Nc1ncc(C2CC2)s1. The van der Waals surface area contributed by atoms with Crippen molar-refractivity contribution in [1.29, 1.82) is 0 Å². The molecule has 1 saturated heterocycles. The molecular weight excluding hydrogens is 1660 g/mol. The Balaban J connectivity index is 0.000000239. The number of hydrogen-bond acceptors (Lipinski definition) is 27. The van der Waals surface area contributed by atoms with Gasteiger partial charge in [0.05, 0.1) is 111 Å². The van der Waals surface area contributed by atoms with Crippen molar-refractivity contribution in [2.45, 2.75) is 122 Å². The molecule has 112 heavy (non-hydrogen) atoms. The second kappa shape index (κ2) is 44.6. The summed E-state index contributed by atoms with van der Waals surface area (Å²) < 4.78 is 28.4. The molecule has 0 aromatic carbocycles. The summed E-state index contributed by atoms with van der Waals surface area (Å²) in [6, 6.07) is 9.01. The van der Waals surface area contributed by atoms with Crippen molar-refractivity contribution < 1.29 is 72.1 Å². The number of nitrogens with one attached hydrogen (secondary N) is 3. The van der Waals surface area contributed by atoms with Crippen LogP contribution in [0, 0.1) is 0 Å². The van der Waals surface area contributed by atoms with Gasteiger partial charge in [0.1, 0.15) is 4.60 Å². The highest BCUT2D eigenvalue weighted by atomic mass is 79.9. The lowest BCUT2D eigenvalue weighted by Crippen LogP contribution is -2.41. The van der Waals surface area contributed by atoms with Gasteiger partial charge in [0.2, 0.25) is 17.7 Å². The van der Waals surface area contributed by atoms with Gasteiger partial charge in [-0.25, -0.2) is 24.9 Å². The molecule has 1 aliphatic heterocycles. The summed E-state index contributed by atoms with van der Waals surface area (Å²) in [5.74, 6) is -4.06. The highest BCUT2D eigenvalue weighted by molar-refractivity contribution is 9.11. The van der Waals surface area contributed by atoms with Crippen molar-refractivity contribution in [1.82, 2.24) is 59.8 Å². The van der Waals surface area contributed by atoms with Crippen molar-refractivity contribution in [3.05, 3.63) is 220 Å². The van der Waals surface area contributed by atoms with E-state index in [0.29, 0.717) is 60.8 Å². The third-order valence-corrected chi connectivity index (χ3v) is 18.8. The molecule has 10 heterocycles. The molecule has 11 rings (SSSR count). The van der Waals surface area contributed by atoms with E-state index in [1.165, 1.54) is 88.5 Å². The number of hydrogen-bond donors (Lipinski definition) is 6. The zero-order chi connectivity index (χ0) is 83.0. The fraction of sp³-hybridized carbons (Fsp3) is 0.289. The van der Waals surface area contributed by atoms with E-state index < -0.39 is 48.0 Å². The van der Waals surface area contributed by atoms with E-state index in [-0.39, 0.29) is 47.5 Å². The quantitative estimate of drug-likeness (QED) is 0.0179. The van der Waals surface area contributed by atoms with E-state index in [9.17, 15) is 38.4 Å². The number of ether oxygens (including phenoxy) is 3. The maximum Gasteiger partial charge on any atom is 0.496 e. The number of anilines is 4. The third kappa shape index (κ3) is 29.2. The number of carboxylic acid groups (broad SMARTS) is 2. The molecular formula is C76H84BBr3N16O15S. The topological polar surface area (TPSA) is 440 Å². The van der Waals surface area contributed by atoms with Gasteiger partial charge in [-0.15, -0.1) is 11.3 Å². The number of amides is 3. The predicted molar refractivity (Wildman–Crippen MR) is 432 cm³/mol. The Kier molecular flexibility index (Phi) is 36.4. The van der Waals surface area contributed by atoms with Crippen LogP contribution in [0.3, 0.4) is 0 Å². The van der Waals surface area contributed by atoms with Gasteiger partial charge in [-0.1, -0.05) is 25.8 Å². The number of esters is 3. The first kappa shape index (κ1) is 91.4. The molecule has 2 aliphatic rings. The summed E-state index contributed by atoms with van der Waals surface area (Å²) in [6.45, 7) is 26.6. The number of nitrogens with two attached hydrogens (primary N) is 1. The predicted octanol–water partition coefficient (Wildman–Crippen LogP) is 12.6. The number of nitrogens with zero attached hydrogens (tertiary/aromatic N) is 12. The lowest BCUT2D eigenvalue weighted by molar-refractivity contribution is -0.142. The smallest absolute Gasteiger partial charge is 0.481 e. The van der Waals surface area contributed by atoms with Crippen LogP contribution in [0.25, 0.3) is 22.5 Å². The van der Waals surface area contributed by atoms with Crippen molar-refractivity contribution >= 4 is 142 Å². The van der Waals surface area contributed by atoms with Crippen LogP contribution in [0.4, 0.5) is 22.6 Å². The number of thiazole rings is 1. The molecule has 1 aliphatic carbocycles. The number of carbonyl (C=O) groups excluding carboxylic acids is 6. The van der Waals surface area contributed by atoms with Crippen LogP contribution in [0.2, 0.25) is 0 Å². The summed E-state index contributed by atoms with van der Waals surface area (Å²) in [4.78, 5) is 139. The van der Waals surface area contributed by atoms with Crippen LogP contribution in [0.1, 0.15) is 143 Å². The number of nitrogen functional groups attached to an aromatic ring is 1. The van der Waals surface area contributed by atoms with Gasteiger partial charge in [0.25, 0.3) is 0 Å². The largest absolute Gasteiger partial charge is 0.496 e. The molecule has 7 N–H and O–H groups in total. The first-order chi connectivity index (χ1) is 53.1. The van der Waals surface area contributed by atoms with Gasteiger partial charge >= 0.3 is 37.0 Å². The number of halogens is 3. The minimum Gasteiger partial charge on any atom is -0.481 e. The standard InChI is InChI=1S/C16H16N4O3.C15H22BNO4.C15H14N4O3.C9H10BrNO2.C8H8BrNO2.C7H6BrN3O.C6H8N2S/c1-4-15(21)20-14-9-18-13(8-19-14)12-5-11(6-17-7-12)10(2)16(22)23-3;1-10(13(18)19-6)11-7-12(9-17-8-11)16-20-14(2,3)15(4,5)21-16;1-3-14(20)19-13-8-17-12(7-18-13)11-4-10(5-16-6-11)9(2)15(21)22;1-6(9(12)13-2)7-3-8(10)5-11-4-7;1-5(8(11)12)6-2-7(9)4-10-3-6;1-2-7(12)11-6-4-9-5(8)3-10-6;7-6-8-3-5(9-6)4-1-2-4/h4-10H,1H2,2-3H3,(H,19,20,21);7-10H,1-6H3;3-9H,1H2,2H3,(H,21,22)(H,18,19,20);3-6H,1-2H3;2-5H,1H3,(H,11,12);2-4H,1H2,(H,10,11,12);3-4H,1-2H2,(H2,7,8). The minimum absolute atomic E-state index is 0.250. The molecule has 5 unspecified atom stereocenters. The Morgan fingerprint density at radius 3 is 1.15 bits per heavy atom. The lowest BCUT2D eigenvalue weighted by atomic mass is 9.79. The van der Waals surface area contributed by atoms with Gasteiger partial charge in [0.15, 0.2) is 22.6 Å². The minimum atomic E-state index is -0.924. The van der Waals surface area contributed by atoms with E-state index in [1.807, 2.05) is 46.0 Å². The number of aromatic nitrogens is 12. The van der Waals surface area contributed by atoms with E-state index in [2.05, 4.69) is 148 Å². The summed E-state index contributed by atoms with van der Waals surface area (Å²) in [5.41, 5.74) is 11.6. The van der Waals surface area contributed by atoms with Crippen LogP contribution >= 0.6 is 59.1 Å². The molecule has 0 bridgehead atoms. The molecule has 5 atom stereocenters. The van der Waals surface area contributed by atoms with Crippen molar-refractivity contribution in [2.24, 2.45) is 0 Å². The van der Waals surface area contributed by atoms with Crippen molar-refractivity contribution in [3.63, 3.8) is 0 Å². The molecule has 2 fully saturated rings. The van der Waals surface area contributed by atoms with E-state index in [1.54, 1.807) is 120 Å². The average molecular weight is 1740 g/mol. The fourth-order valence-electron chi connectivity index (χ4n) is 8.89. The molecule has 9 aromatic heterocycles. The summed E-state index contributed by atoms with van der Waals surface area (Å²) in [6.07, 6.45) is 33.0. The zero-order valence-corrected chi connectivity index (χ0v) is 68.8. The van der Waals surface area contributed by atoms with Gasteiger partial charge in [-0.2, -0.15) is 0 Å². The first-order valence-electron chi connectivity index (χ1n) is 33.8. The summed E-state index contributed by atoms with van der Waals surface area (Å²) in [5, 5.41) is 25.9. The Hall–Kier alpha value is -11.2. The molecule has 36 heteroatoms. The monoisotopic (exact) mass is 1740 g/mol. The number of rotatable bonds is 20. The molecule has 9 aromatic rings. The molecule has 1 saturated carbocycles. The molecule has 31 nitrogen and oxygen atoms in total. The Morgan fingerprint density at radius 1 is 0.482 bits per heavy atom. The van der Waals surface area contributed by atoms with E-state index >= 15 is 0 Å². The highest BCUT2D eigenvalue weighted by Gasteiger charge is 2.52. The van der Waals surface area contributed by atoms with Gasteiger partial charge in [0, 0.05) is 98.6 Å². The van der Waals surface area contributed by atoms with Crippen LogP contribution in [-0.2, 0) is 61.9 Å². The summed E-state index contributed by atoms with van der Waals surface area (Å²) >= 11 is 11.3. The van der Waals surface area contributed by atoms with Crippen LogP contribution in [0.15, 0.2) is 187 Å². The molecule has 588 valence electrons. The van der Waals surface area contributed by atoms with Gasteiger partial charge < -0.3 is 55.4 Å². The zero-order valence-electron chi connectivity index (χ0n) is 63.2. The van der Waals surface area contributed by atoms with Gasteiger partial charge in [-0.3, -0.25) is 73.2 Å².